The van der Waals surface area contributed by atoms with Crippen LogP contribution >= 0.6 is 23.2 Å². The van der Waals surface area contributed by atoms with Gasteiger partial charge in [-0.05, 0) is 43.7 Å². The number of aromatic nitrogens is 1. The maximum Gasteiger partial charge on any atom is 0.355 e. The average molecular weight is 429 g/mol. The highest BCUT2D eigenvalue weighted by atomic mass is 35.5. The summed E-state index contributed by atoms with van der Waals surface area (Å²) in [4.78, 5) is 30.3. The molecule has 1 aliphatic rings. The maximum absolute atomic E-state index is 13.0. The molecule has 0 radical (unpaired) electrons. The fourth-order valence-corrected chi connectivity index (χ4v) is 4.15. The second-order valence-corrected chi connectivity index (χ2v) is 7.50. The van der Waals surface area contributed by atoms with E-state index < -0.39 is 5.97 Å². The monoisotopic (exact) mass is 428 g/mol. The zero-order valence-electron chi connectivity index (χ0n) is 15.7. The molecule has 1 saturated heterocycles. The van der Waals surface area contributed by atoms with Crippen LogP contribution in [-0.4, -0.2) is 30.0 Å². The Balaban J connectivity index is 1.82. The van der Waals surface area contributed by atoms with E-state index in [1.165, 1.54) is 0 Å². The van der Waals surface area contributed by atoms with Crippen LogP contribution in [-0.2, 0) is 9.53 Å². The highest BCUT2D eigenvalue weighted by molar-refractivity contribution is 6.39. The number of amides is 1. The molecular weight excluding hydrogens is 411 g/mol. The first-order chi connectivity index (χ1) is 14.0. The number of halogens is 2. The van der Waals surface area contributed by atoms with E-state index in [9.17, 15) is 9.59 Å². The number of H-pyrrole nitrogens is 1. The van der Waals surface area contributed by atoms with Crippen molar-refractivity contribution in [2.75, 3.05) is 18.1 Å². The molecule has 148 valence electrons. The van der Waals surface area contributed by atoms with Gasteiger partial charge in [-0.15, -0.1) is 0 Å². The van der Waals surface area contributed by atoms with Crippen LogP contribution in [0.25, 0.3) is 17.0 Å². The third-order valence-electron chi connectivity index (χ3n) is 4.84. The van der Waals surface area contributed by atoms with E-state index in [2.05, 4.69) is 4.98 Å². The SMILES string of the molecule is CCOC(=O)c1[nH]c2cc(Cl)cc(Cl)c2c1/C=C1\CCN(c2ccccc2)C1=O. The average Bonchev–Trinajstić information content (AvgIpc) is 3.24. The first kappa shape index (κ1) is 19.6. The Morgan fingerprint density at radius 3 is 2.72 bits per heavy atom. The summed E-state index contributed by atoms with van der Waals surface area (Å²) in [5.41, 5.74) is 2.85. The number of carbonyl (C=O) groups is 2. The topological polar surface area (TPSA) is 62.4 Å². The number of ether oxygens (including phenoxy) is 1. The number of benzene rings is 2. The molecule has 1 aliphatic heterocycles. The van der Waals surface area contributed by atoms with Crippen molar-refractivity contribution in [3.8, 4) is 0 Å². The Morgan fingerprint density at radius 1 is 1.24 bits per heavy atom. The van der Waals surface area contributed by atoms with Crippen molar-refractivity contribution in [1.82, 2.24) is 4.98 Å². The summed E-state index contributed by atoms with van der Waals surface area (Å²) in [6.07, 6.45) is 2.30. The van der Waals surface area contributed by atoms with Crippen LogP contribution in [0.3, 0.4) is 0 Å². The summed E-state index contributed by atoms with van der Waals surface area (Å²) in [6, 6.07) is 12.8. The molecule has 2 heterocycles. The van der Waals surface area contributed by atoms with Crippen LogP contribution in [0, 0.1) is 0 Å². The van der Waals surface area contributed by atoms with Crippen molar-refractivity contribution in [1.29, 1.82) is 0 Å². The lowest BCUT2D eigenvalue weighted by molar-refractivity contribution is -0.114. The van der Waals surface area contributed by atoms with Crippen LogP contribution in [0.4, 0.5) is 5.69 Å². The Morgan fingerprint density at radius 2 is 2.00 bits per heavy atom. The fraction of sp³-hybridized carbons (Fsp3) is 0.182. The van der Waals surface area contributed by atoms with E-state index in [1.54, 1.807) is 30.0 Å². The number of nitrogens with one attached hydrogen (secondary N) is 1. The number of anilines is 1. The molecule has 1 fully saturated rings. The number of para-hydroxylation sites is 1. The highest BCUT2D eigenvalue weighted by Gasteiger charge is 2.29. The van der Waals surface area contributed by atoms with Gasteiger partial charge in [0.1, 0.15) is 5.69 Å². The number of hydrogen-bond acceptors (Lipinski definition) is 3. The second-order valence-electron chi connectivity index (χ2n) is 6.66. The standard InChI is InChI=1S/C22H18Cl2N2O3/c1-2-29-22(28)20-16(19-17(24)11-14(23)12-18(19)25-20)10-13-8-9-26(21(13)27)15-6-4-3-5-7-15/h3-7,10-12,25H,2,8-9H2,1H3/b13-10+. The molecule has 0 atom stereocenters. The van der Waals surface area contributed by atoms with Crippen molar-refractivity contribution < 1.29 is 14.3 Å². The third-order valence-corrected chi connectivity index (χ3v) is 5.36. The molecule has 0 bridgehead atoms. The van der Waals surface area contributed by atoms with Crippen LogP contribution < -0.4 is 4.90 Å². The largest absolute Gasteiger partial charge is 0.461 e. The number of fused-ring (bicyclic) bond motifs is 1. The van der Waals surface area contributed by atoms with Gasteiger partial charge in [0.2, 0.25) is 0 Å². The smallest absolute Gasteiger partial charge is 0.355 e. The van der Waals surface area contributed by atoms with Crippen molar-refractivity contribution in [3.05, 3.63) is 69.3 Å². The summed E-state index contributed by atoms with van der Waals surface area (Å²) < 4.78 is 5.18. The number of aromatic amines is 1. The van der Waals surface area contributed by atoms with E-state index in [0.717, 1.165) is 5.69 Å². The van der Waals surface area contributed by atoms with Gasteiger partial charge >= 0.3 is 5.97 Å². The Labute approximate surface area is 177 Å². The van der Waals surface area contributed by atoms with Gasteiger partial charge in [0.25, 0.3) is 5.91 Å². The minimum absolute atomic E-state index is 0.0922. The van der Waals surface area contributed by atoms with E-state index in [1.807, 2.05) is 30.3 Å². The molecule has 0 spiro atoms. The molecule has 29 heavy (non-hydrogen) atoms. The lowest BCUT2D eigenvalue weighted by atomic mass is 10.1. The Hall–Kier alpha value is -2.76. The van der Waals surface area contributed by atoms with Gasteiger partial charge in [-0.3, -0.25) is 4.79 Å². The highest BCUT2D eigenvalue weighted by Crippen LogP contribution is 2.35. The first-order valence-electron chi connectivity index (χ1n) is 9.25. The summed E-state index contributed by atoms with van der Waals surface area (Å²) in [7, 11) is 0. The quantitative estimate of drug-likeness (QED) is 0.442. The van der Waals surface area contributed by atoms with Crippen molar-refractivity contribution in [2.45, 2.75) is 13.3 Å². The van der Waals surface area contributed by atoms with Crippen molar-refractivity contribution >= 4 is 57.7 Å². The lowest BCUT2D eigenvalue weighted by Gasteiger charge is -2.14. The normalized spacial score (nSPS) is 15.5. The molecule has 5 nitrogen and oxygen atoms in total. The summed E-state index contributed by atoms with van der Waals surface area (Å²) in [5.74, 6) is -0.599. The fourth-order valence-electron chi connectivity index (χ4n) is 3.56. The molecule has 7 heteroatoms. The molecule has 0 unspecified atom stereocenters. The van der Waals surface area contributed by atoms with Crippen LogP contribution in [0.1, 0.15) is 29.4 Å². The van der Waals surface area contributed by atoms with Gasteiger partial charge in [-0.25, -0.2) is 4.79 Å². The number of rotatable bonds is 4. The second kappa shape index (κ2) is 7.93. The molecule has 0 saturated carbocycles. The number of hydrogen-bond donors (Lipinski definition) is 1. The van der Waals surface area contributed by atoms with Gasteiger partial charge in [0.15, 0.2) is 0 Å². The molecular formula is C22H18Cl2N2O3. The minimum atomic E-state index is -0.506. The lowest BCUT2D eigenvalue weighted by Crippen LogP contribution is -2.24. The summed E-state index contributed by atoms with van der Waals surface area (Å²) >= 11 is 12.5. The van der Waals surface area contributed by atoms with Crippen molar-refractivity contribution in [2.24, 2.45) is 0 Å². The molecule has 1 N–H and O–H groups in total. The van der Waals surface area contributed by atoms with Crippen LogP contribution in [0.5, 0.6) is 0 Å². The summed E-state index contributed by atoms with van der Waals surface area (Å²) in [5, 5.41) is 1.49. The zero-order valence-corrected chi connectivity index (χ0v) is 17.2. The molecule has 4 rings (SSSR count). The number of carbonyl (C=O) groups excluding carboxylic acids is 2. The Kier molecular flexibility index (Phi) is 5.35. The van der Waals surface area contributed by atoms with Gasteiger partial charge in [0.05, 0.1) is 11.6 Å². The van der Waals surface area contributed by atoms with Crippen LogP contribution in [0.2, 0.25) is 10.0 Å². The van der Waals surface area contributed by atoms with Crippen LogP contribution in [0.15, 0.2) is 48.0 Å². The maximum atomic E-state index is 13.0. The molecule has 0 aliphatic carbocycles. The zero-order chi connectivity index (χ0) is 20.5. The van der Waals surface area contributed by atoms with E-state index in [0.29, 0.717) is 45.1 Å². The number of nitrogens with zero attached hydrogens (tertiary/aromatic N) is 1. The minimum Gasteiger partial charge on any atom is -0.461 e. The molecule has 3 aromatic rings. The van der Waals surface area contributed by atoms with Gasteiger partial charge in [-0.2, -0.15) is 0 Å². The Bertz CT molecular complexity index is 1140. The predicted molar refractivity (Wildman–Crippen MR) is 116 cm³/mol. The first-order valence-corrected chi connectivity index (χ1v) is 10.0. The number of esters is 1. The molecule has 2 aromatic carbocycles. The predicted octanol–water partition coefficient (Wildman–Crippen LogP) is 5.47. The van der Waals surface area contributed by atoms with Gasteiger partial charge in [0, 0.05) is 39.3 Å². The van der Waals surface area contributed by atoms with Crippen molar-refractivity contribution in [3.63, 3.8) is 0 Å². The van der Waals surface area contributed by atoms with E-state index >= 15 is 0 Å². The van der Waals surface area contributed by atoms with E-state index in [-0.39, 0.29) is 18.2 Å². The molecule has 1 amide bonds. The van der Waals surface area contributed by atoms with Gasteiger partial charge < -0.3 is 14.6 Å². The summed E-state index contributed by atoms with van der Waals surface area (Å²) in [6.45, 7) is 2.55. The third kappa shape index (κ3) is 3.63. The molecule has 1 aromatic heterocycles. The van der Waals surface area contributed by atoms with Gasteiger partial charge in [-0.1, -0.05) is 41.4 Å². The van der Waals surface area contributed by atoms with E-state index in [4.69, 9.17) is 27.9 Å².